The summed E-state index contributed by atoms with van der Waals surface area (Å²) in [5.74, 6) is -1.60. The fraction of sp³-hybridized carbons (Fsp3) is 0.483. The topological polar surface area (TPSA) is 113 Å². The zero-order valence-electron chi connectivity index (χ0n) is 22.9. The highest BCUT2D eigenvalue weighted by Gasteiger charge is 2.35. The van der Waals surface area contributed by atoms with Gasteiger partial charge < -0.3 is 29.7 Å². The van der Waals surface area contributed by atoms with Gasteiger partial charge in [0.15, 0.2) is 0 Å². The van der Waals surface area contributed by atoms with E-state index in [9.17, 15) is 9.59 Å². The van der Waals surface area contributed by atoms with Crippen molar-refractivity contribution in [3.8, 4) is 0 Å². The molecule has 1 saturated heterocycles. The van der Waals surface area contributed by atoms with Crippen LogP contribution in [-0.4, -0.2) is 55.3 Å². The van der Waals surface area contributed by atoms with E-state index >= 15 is 4.39 Å². The molecule has 2 aromatic rings. The Hall–Kier alpha value is -3.82. The zero-order chi connectivity index (χ0) is 28.2. The number of esters is 1. The van der Waals surface area contributed by atoms with Crippen molar-refractivity contribution in [1.29, 1.82) is 5.41 Å². The number of benzene rings is 2. The van der Waals surface area contributed by atoms with Gasteiger partial charge in [0.2, 0.25) is 5.90 Å². The van der Waals surface area contributed by atoms with Gasteiger partial charge in [-0.2, -0.15) is 0 Å². The number of amides is 1. The van der Waals surface area contributed by atoms with Gasteiger partial charge in [-0.05, 0) is 58.6 Å². The molecular weight excluding hydrogens is 503 g/mol. The average molecular weight is 541 g/mol. The number of hydrogen-bond donors (Lipinski definition) is 3. The molecule has 210 valence electrons. The predicted molar refractivity (Wildman–Crippen MR) is 147 cm³/mol. The van der Waals surface area contributed by atoms with Gasteiger partial charge in [-0.15, -0.1) is 0 Å². The SMILES string of the molecule is CCOC(=O)c1cc(F)c(N2CCC(NC(=O)OC(C)(C)C)C2)c(C(=N)OCc2ccccc2)c1NC1CC1. The second kappa shape index (κ2) is 11.9. The second-order valence-corrected chi connectivity index (χ2v) is 10.8. The summed E-state index contributed by atoms with van der Waals surface area (Å²) >= 11 is 0. The molecule has 39 heavy (non-hydrogen) atoms. The van der Waals surface area contributed by atoms with Crippen LogP contribution in [0, 0.1) is 11.2 Å². The molecule has 1 aliphatic heterocycles. The van der Waals surface area contributed by atoms with Gasteiger partial charge in [0.1, 0.15) is 18.0 Å². The number of anilines is 2. The lowest BCUT2D eigenvalue weighted by atomic mass is 10.0. The van der Waals surface area contributed by atoms with Crippen molar-refractivity contribution in [2.24, 2.45) is 0 Å². The summed E-state index contributed by atoms with van der Waals surface area (Å²) in [7, 11) is 0. The fourth-order valence-electron chi connectivity index (χ4n) is 4.48. The van der Waals surface area contributed by atoms with Gasteiger partial charge in [0.05, 0.1) is 35.2 Å². The summed E-state index contributed by atoms with van der Waals surface area (Å²) in [5.41, 5.74) is 0.880. The Morgan fingerprint density at radius 1 is 1.10 bits per heavy atom. The normalized spacial score (nSPS) is 16.9. The lowest BCUT2D eigenvalue weighted by molar-refractivity contribution is 0.0503. The third-order valence-electron chi connectivity index (χ3n) is 6.35. The minimum atomic E-state index is -0.672. The molecule has 0 bridgehead atoms. The molecular formula is C29H37FN4O5. The molecule has 3 N–H and O–H groups in total. The molecule has 0 aromatic heterocycles. The standard InChI is InChI=1S/C29H37FN4O5/c1-5-37-27(35)21-15-22(30)25(34-14-13-20(16-34)33-28(36)39-29(2,3)4)23(24(21)32-19-11-12-19)26(31)38-17-18-9-7-6-8-10-18/h6-10,15,19-20,31-32H,5,11-14,16-17H2,1-4H3,(H,33,36). The van der Waals surface area contributed by atoms with Gasteiger partial charge in [0, 0.05) is 19.1 Å². The first-order valence-corrected chi connectivity index (χ1v) is 13.4. The number of halogens is 1. The summed E-state index contributed by atoms with van der Waals surface area (Å²) in [6.45, 7) is 8.02. The Labute approximate surface area is 228 Å². The van der Waals surface area contributed by atoms with E-state index in [4.69, 9.17) is 19.6 Å². The van der Waals surface area contributed by atoms with Crippen LogP contribution in [0.1, 0.15) is 68.4 Å². The van der Waals surface area contributed by atoms with E-state index in [-0.39, 0.29) is 48.0 Å². The highest BCUT2D eigenvalue weighted by atomic mass is 19.1. The minimum absolute atomic E-state index is 0.0238. The molecule has 9 nitrogen and oxygen atoms in total. The Bertz CT molecular complexity index is 1210. The van der Waals surface area contributed by atoms with Crippen LogP contribution in [0.3, 0.4) is 0 Å². The quantitative estimate of drug-likeness (QED) is 0.227. The van der Waals surface area contributed by atoms with Gasteiger partial charge in [-0.1, -0.05) is 30.3 Å². The second-order valence-electron chi connectivity index (χ2n) is 10.8. The summed E-state index contributed by atoms with van der Waals surface area (Å²) in [4.78, 5) is 27.0. The number of alkyl carbamates (subject to hydrolysis) is 1. The van der Waals surface area contributed by atoms with Crippen LogP contribution in [0.15, 0.2) is 36.4 Å². The molecule has 0 spiro atoms. The van der Waals surface area contributed by atoms with Crippen molar-refractivity contribution in [3.05, 3.63) is 58.9 Å². The third kappa shape index (κ3) is 7.40. The van der Waals surface area contributed by atoms with Crippen LogP contribution in [0.2, 0.25) is 0 Å². The van der Waals surface area contributed by atoms with Crippen LogP contribution in [0.4, 0.5) is 20.6 Å². The Balaban J connectivity index is 1.68. The number of hydrogen-bond acceptors (Lipinski definition) is 8. The van der Waals surface area contributed by atoms with Crippen LogP contribution >= 0.6 is 0 Å². The summed E-state index contributed by atoms with van der Waals surface area (Å²) in [6, 6.07) is 10.4. The highest BCUT2D eigenvalue weighted by molar-refractivity contribution is 6.09. The van der Waals surface area contributed by atoms with Crippen LogP contribution in [0.25, 0.3) is 0 Å². The number of ether oxygens (including phenoxy) is 3. The first-order chi connectivity index (χ1) is 18.6. The van der Waals surface area contributed by atoms with Gasteiger partial charge in [-0.25, -0.2) is 14.0 Å². The van der Waals surface area contributed by atoms with E-state index in [2.05, 4.69) is 10.6 Å². The first-order valence-electron chi connectivity index (χ1n) is 13.4. The van der Waals surface area contributed by atoms with Crippen LogP contribution in [0.5, 0.6) is 0 Å². The molecule has 2 aromatic carbocycles. The lowest BCUT2D eigenvalue weighted by Gasteiger charge is -2.27. The largest absolute Gasteiger partial charge is 0.473 e. The predicted octanol–water partition coefficient (Wildman–Crippen LogP) is 5.22. The monoisotopic (exact) mass is 540 g/mol. The molecule has 1 amide bonds. The Morgan fingerprint density at radius 3 is 2.46 bits per heavy atom. The van der Waals surface area contributed by atoms with Gasteiger partial charge in [-0.3, -0.25) is 5.41 Å². The maximum atomic E-state index is 15.9. The fourth-order valence-corrected chi connectivity index (χ4v) is 4.48. The zero-order valence-corrected chi connectivity index (χ0v) is 22.9. The number of nitrogens with one attached hydrogen (secondary N) is 3. The van der Waals surface area contributed by atoms with Crippen molar-refractivity contribution in [2.45, 2.75) is 71.2 Å². The minimum Gasteiger partial charge on any atom is -0.473 e. The molecule has 1 unspecified atom stereocenters. The van der Waals surface area contributed by atoms with E-state index in [0.717, 1.165) is 18.4 Å². The maximum Gasteiger partial charge on any atom is 0.407 e. The molecule has 0 radical (unpaired) electrons. The molecule has 1 aliphatic carbocycles. The average Bonchev–Trinajstić information content (AvgIpc) is 3.58. The molecule has 1 saturated carbocycles. The van der Waals surface area contributed by atoms with E-state index in [1.54, 1.807) is 32.6 Å². The summed E-state index contributed by atoms with van der Waals surface area (Å²) in [6.07, 6.45) is 1.82. The number of carbonyl (C=O) groups is 2. The van der Waals surface area contributed by atoms with Crippen molar-refractivity contribution in [1.82, 2.24) is 5.32 Å². The lowest BCUT2D eigenvalue weighted by Crippen LogP contribution is -2.40. The van der Waals surface area contributed by atoms with Crippen molar-refractivity contribution < 1.29 is 28.2 Å². The smallest absolute Gasteiger partial charge is 0.407 e. The van der Waals surface area contributed by atoms with Gasteiger partial charge in [0.25, 0.3) is 0 Å². The summed E-state index contributed by atoms with van der Waals surface area (Å²) in [5, 5.41) is 15.1. The Kier molecular flexibility index (Phi) is 8.62. The van der Waals surface area contributed by atoms with E-state index in [0.29, 0.717) is 25.2 Å². The number of rotatable bonds is 9. The molecule has 1 atom stereocenters. The van der Waals surface area contributed by atoms with Crippen molar-refractivity contribution in [3.63, 3.8) is 0 Å². The van der Waals surface area contributed by atoms with E-state index in [1.807, 2.05) is 30.3 Å². The first kappa shape index (κ1) is 28.2. The van der Waals surface area contributed by atoms with E-state index in [1.165, 1.54) is 6.07 Å². The van der Waals surface area contributed by atoms with Gasteiger partial charge >= 0.3 is 12.1 Å². The molecule has 4 rings (SSSR count). The van der Waals surface area contributed by atoms with Crippen molar-refractivity contribution in [2.75, 3.05) is 29.9 Å². The van der Waals surface area contributed by atoms with Crippen LogP contribution in [-0.2, 0) is 20.8 Å². The highest BCUT2D eigenvalue weighted by Crippen LogP contribution is 2.39. The molecule has 2 fully saturated rings. The molecule has 2 aliphatic rings. The Morgan fingerprint density at radius 2 is 1.82 bits per heavy atom. The van der Waals surface area contributed by atoms with Crippen molar-refractivity contribution >= 4 is 29.3 Å². The molecule has 1 heterocycles. The molecule has 10 heteroatoms. The maximum absolute atomic E-state index is 15.9. The number of nitrogens with zero attached hydrogens (tertiary/aromatic N) is 1. The summed E-state index contributed by atoms with van der Waals surface area (Å²) < 4.78 is 32.4. The van der Waals surface area contributed by atoms with E-state index < -0.39 is 23.5 Å². The van der Waals surface area contributed by atoms with Crippen LogP contribution < -0.4 is 15.5 Å². The number of carbonyl (C=O) groups excluding carboxylic acids is 2. The third-order valence-corrected chi connectivity index (χ3v) is 6.35.